The van der Waals surface area contributed by atoms with Gasteiger partial charge in [0.2, 0.25) is 0 Å². The Hall–Kier alpha value is -1.37. The summed E-state index contributed by atoms with van der Waals surface area (Å²) in [6, 6.07) is 10.7. The smallest absolute Gasteiger partial charge is 0.265 e. The molecule has 21 heavy (non-hydrogen) atoms. The molecular formula is C15H19NO3S2. The van der Waals surface area contributed by atoms with Crippen LogP contribution < -0.4 is 4.31 Å². The van der Waals surface area contributed by atoms with Crippen LogP contribution in [0.4, 0.5) is 5.69 Å². The van der Waals surface area contributed by atoms with Crippen molar-refractivity contribution in [3.63, 3.8) is 0 Å². The Bertz CT molecular complexity index is 665. The minimum absolute atomic E-state index is 0.138. The Morgan fingerprint density at radius 2 is 1.95 bits per heavy atom. The molecule has 1 aromatic carbocycles. The molecule has 0 aliphatic rings. The van der Waals surface area contributed by atoms with Gasteiger partial charge in [-0.05, 0) is 24.6 Å². The van der Waals surface area contributed by atoms with E-state index in [-0.39, 0.29) is 11.5 Å². The number of hydrogen-bond donors (Lipinski definition) is 1. The SMILES string of the molecule is CCCCN(c1ccccc1)S(=O)(=O)c1csc(CO)c1. The first-order valence-electron chi connectivity index (χ1n) is 6.85. The van der Waals surface area contributed by atoms with Gasteiger partial charge in [-0.15, -0.1) is 11.3 Å². The van der Waals surface area contributed by atoms with Crippen LogP contribution in [0.3, 0.4) is 0 Å². The van der Waals surface area contributed by atoms with Crippen molar-refractivity contribution < 1.29 is 13.5 Å². The molecule has 0 aliphatic carbocycles. The summed E-state index contributed by atoms with van der Waals surface area (Å²) >= 11 is 1.26. The highest BCUT2D eigenvalue weighted by atomic mass is 32.2. The van der Waals surface area contributed by atoms with Gasteiger partial charge in [0.05, 0.1) is 17.2 Å². The Morgan fingerprint density at radius 1 is 1.24 bits per heavy atom. The van der Waals surface area contributed by atoms with Crippen molar-refractivity contribution in [3.05, 3.63) is 46.7 Å². The normalized spacial score (nSPS) is 11.5. The maximum atomic E-state index is 12.8. The third kappa shape index (κ3) is 3.64. The molecule has 0 saturated heterocycles. The molecule has 114 valence electrons. The fourth-order valence-corrected chi connectivity index (χ4v) is 4.61. The lowest BCUT2D eigenvalue weighted by Crippen LogP contribution is -2.31. The second-order valence-electron chi connectivity index (χ2n) is 4.67. The van der Waals surface area contributed by atoms with Gasteiger partial charge in [0, 0.05) is 16.8 Å². The number of anilines is 1. The molecule has 0 aliphatic heterocycles. The fraction of sp³-hybridized carbons (Fsp3) is 0.333. The summed E-state index contributed by atoms with van der Waals surface area (Å²) < 4.78 is 27.1. The quantitative estimate of drug-likeness (QED) is 0.850. The number of thiophene rings is 1. The Kier molecular flexibility index (Phi) is 5.39. The van der Waals surface area contributed by atoms with E-state index in [1.165, 1.54) is 15.6 Å². The van der Waals surface area contributed by atoms with Gasteiger partial charge in [-0.2, -0.15) is 0 Å². The standard InChI is InChI=1S/C15H19NO3S2/c1-2-3-9-16(13-7-5-4-6-8-13)21(18,19)15-10-14(11-17)20-12-15/h4-8,10,12,17H,2-3,9,11H2,1H3. The first kappa shape index (κ1) is 16.0. The van der Waals surface area contributed by atoms with Crippen LogP contribution in [-0.4, -0.2) is 20.1 Å². The van der Waals surface area contributed by atoms with Crippen molar-refractivity contribution in [1.82, 2.24) is 0 Å². The molecule has 6 heteroatoms. The van der Waals surface area contributed by atoms with Gasteiger partial charge in [0.15, 0.2) is 0 Å². The number of aliphatic hydroxyl groups excluding tert-OH is 1. The van der Waals surface area contributed by atoms with E-state index in [2.05, 4.69) is 0 Å². The molecule has 0 saturated carbocycles. The van der Waals surface area contributed by atoms with Crippen LogP contribution in [0.1, 0.15) is 24.6 Å². The zero-order valence-corrected chi connectivity index (χ0v) is 13.5. The molecule has 0 spiro atoms. The van der Waals surface area contributed by atoms with Crippen molar-refractivity contribution in [1.29, 1.82) is 0 Å². The zero-order chi connectivity index (χ0) is 15.3. The van der Waals surface area contributed by atoms with E-state index >= 15 is 0 Å². The average Bonchev–Trinajstić information content (AvgIpc) is 2.98. The summed E-state index contributed by atoms with van der Waals surface area (Å²) in [7, 11) is -3.58. The maximum absolute atomic E-state index is 12.8. The van der Waals surface area contributed by atoms with Crippen LogP contribution in [0.5, 0.6) is 0 Å². The van der Waals surface area contributed by atoms with E-state index in [4.69, 9.17) is 5.11 Å². The number of unbranched alkanes of at least 4 members (excludes halogenated alkanes) is 1. The molecule has 0 unspecified atom stereocenters. The molecule has 4 nitrogen and oxygen atoms in total. The fourth-order valence-electron chi connectivity index (χ4n) is 1.99. The number of para-hydroxylation sites is 1. The van der Waals surface area contributed by atoms with Gasteiger partial charge in [-0.25, -0.2) is 8.42 Å². The largest absolute Gasteiger partial charge is 0.391 e. The summed E-state index contributed by atoms with van der Waals surface area (Å²) in [6.07, 6.45) is 1.72. The van der Waals surface area contributed by atoms with Gasteiger partial charge >= 0.3 is 0 Å². The maximum Gasteiger partial charge on any atom is 0.265 e. The molecule has 0 atom stereocenters. The number of benzene rings is 1. The zero-order valence-electron chi connectivity index (χ0n) is 11.9. The van der Waals surface area contributed by atoms with Crippen LogP contribution in [0, 0.1) is 0 Å². The van der Waals surface area contributed by atoms with Crippen LogP contribution in [0.15, 0.2) is 46.7 Å². The molecule has 1 heterocycles. The van der Waals surface area contributed by atoms with E-state index in [0.717, 1.165) is 12.8 Å². The Labute approximate surface area is 129 Å². The molecule has 0 radical (unpaired) electrons. The van der Waals surface area contributed by atoms with Crippen molar-refractivity contribution in [2.45, 2.75) is 31.3 Å². The second-order valence-corrected chi connectivity index (χ2v) is 7.53. The van der Waals surface area contributed by atoms with Gasteiger partial charge in [0.1, 0.15) is 0 Å². The number of sulfonamides is 1. The van der Waals surface area contributed by atoms with Gasteiger partial charge in [-0.3, -0.25) is 4.31 Å². The second kappa shape index (κ2) is 7.06. The monoisotopic (exact) mass is 325 g/mol. The number of rotatable bonds is 7. The van der Waals surface area contributed by atoms with Gasteiger partial charge < -0.3 is 5.11 Å². The highest BCUT2D eigenvalue weighted by molar-refractivity contribution is 7.93. The molecule has 0 bridgehead atoms. The number of aliphatic hydroxyl groups is 1. The van der Waals surface area contributed by atoms with Crippen LogP contribution in [0.2, 0.25) is 0 Å². The highest BCUT2D eigenvalue weighted by Crippen LogP contribution is 2.27. The Morgan fingerprint density at radius 3 is 2.52 bits per heavy atom. The average molecular weight is 325 g/mol. The predicted molar refractivity (Wildman–Crippen MR) is 86.1 cm³/mol. The van der Waals surface area contributed by atoms with Crippen molar-refractivity contribution in [3.8, 4) is 0 Å². The lowest BCUT2D eigenvalue weighted by atomic mass is 10.3. The highest BCUT2D eigenvalue weighted by Gasteiger charge is 2.25. The van der Waals surface area contributed by atoms with Gasteiger partial charge in [0.25, 0.3) is 10.0 Å². The molecule has 1 N–H and O–H groups in total. The van der Waals surface area contributed by atoms with Crippen LogP contribution in [0.25, 0.3) is 0 Å². The summed E-state index contributed by atoms with van der Waals surface area (Å²) in [5.41, 5.74) is 0.669. The minimum Gasteiger partial charge on any atom is -0.391 e. The summed E-state index contributed by atoms with van der Waals surface area (Å²) in [5, 5.41) is 10.7. The molecular weight excluding hydrogens is 306 g/mol. The summed E-state index contributed by atoms with van der Waals surface area (Å²) in [6.45, 7) is 2.35. The summed E-state index contributed by atoms with van der Waals surface area (Å²) in [5.74, 6) is 0. The van der Waals surface area contributed by atoms with Crippen LogP contribution in [-0.2, 0) is 16.6 Å². The lowest BCUT2D eigenvalue weighted by molar-refractivity contribution is 0.285. The predicted octanol–water partition coefficient (Wildman–Crippen LogP) is 3.24. The van der Waals surface area contributed by atoms with E-state index in [0.29, 0.717) is 17.1 Å². The van der Waals surface area contributed by atoms with E-state index in [9.17, 15) is 8.42 Å². The third-order valence-corrected chi connectivity index (χ3v) is 6.01. The molecule has 0 fully saturated rings. The van der Waals surface area contributed by atoms with Crippen molar-refractivity contribution >= 4 is 27.0 Å². The minimum atomic E-state index is -3.58. The molecule has 0 amide bonds. The number of nitrogens with zero attached hydrogens (tertiary/aromatic N) is 1. The van der Waals surface area contributed by atoms with Gasteiger partial charge in [-0.1, -0.05) is 31.5 Å². The van der Waals surface area contributed by atoms with E-state index < -0.39 is 10.0 Å². The molecule has 1 aromatic heterocycles. The van der Waals surface area contributed by atoms with E-state index in [1.54, 1.807) is 23.6 Å². The lowest BCUT2D eigenvalue weighted by Gasteiger charge is -2.23. The van der Waals surface area contributed by atoms with E-state index in [1.807, 2.05) is 25.1 Å². The first-order valence-corrected chi connectivity index (χ1v) is 9.17. The third-order valence-electron chi connectivity index (χ3n) is 3.13. The van der Waals surface area contributed by atoms with Crippen molar-refractivity contribution in [2.24, 2.45) is 0 Å². The number of hydrogen-bond acceptors (Lipinski definition) is 4. The topological polar surface area (TPSA) is 57.6 Å². The first-order chi connectivity index (χ1) is 10.1. The molecule has 2 rings (SSSR count). The van der Waals surface area contributed by atoms with Crippen molar-refractivity contribution in [2.75, 3.05) is 10.8 Å². The molecule has 2 aromatic rings. The summed E-state index contributed by atoms with van der Waals surface area (Å²) in [4.78, 5) is 0.897. The van der Waals surface area contributed by atoms with Crippen LogP contribution >= 0.6 is 11.3 Å². The Balaban J connectivity index is 2.39.